The zero-order chi connectivity index (χ0) is 10.1. The van der Waals surface area contributed by atoms with Crippen LogP contribution in [0, 0.1) is 0 Å². The molecule has 0 N–H and O–H groups in total. The summed E-state index contributed by atoms with van der Waals surface area (Å²) in [6.45, 7) is 15.2. The maximum absolute atomic E-state index is 3.99. The molecule has 0 saturated heterocycles. The predicted molar refractivity (Wildman–Crippen MR) is 60.9 cm³/mol. The van der Waals surface area contributed by atoms with Gasteiger partial charge >= 0.3 is 0 Å². The summed E-state index contributed by atoms with van der Waals surface area (Å²) in [6.07, 6.45) is 6.93. The maximum atomic E-state index is 3.99. The minimum absolute atomic E-state index is 0.967. The zero-order valence-corrected chi connectivity index (χ0v) is 8.92. The smallest absolute Gasteiger partial charge is 0.0227 e. The van der Waals surface area contributed by atoms with Gasteiger partial charge in [-0.15, -0.1) is 0 Å². The van der Waals surface area contributed by atoms with E-state index in [1.807, 2.05) is 12.2 Å². The van der Waals surface area contributed by atoms with Gasteiger partial charge in [-0.3, -0.25) is 4.90 Å². The lowest BCUT2D eigenvalue weighted by Gasteiger charge is -2.19. The molecule has 0 rings (SSSR count). The van der Waals surface area contributed by atoms with Crippen LogP contribution in [-0.4, -0.2) is 24.5 Å². The molecule has 0 aliphatic carbocycles. The quantitative estimate of drug-likeness (QED) is 0.543. The van der Waals surface area contributed by atoms with Crippen LogP contribution in [0.5, 0.6) is 0 Å². The highest BCUT2D eigenvalue weighted by Crippen LogP contribution is 1.99. The van der Waals surface area contributed by atoms with Gasteiger partial charge in [0.1, 0.15) is 0 Å². The topological polar surface area (TPSA) is 3.24 Å². The first-order valence-electron chi connectivity index (χ1n) is 4.93. The van der Waals surface area contributed by atoms with Crippen LogP contribution in [0.2, 0.25) is 0 Å². The summed E-state index contributed by atoms with van der Waals surface area (Å²) in [6, 6.07) is 0. The normalized spacial score (nSPS) is 11.0. The van der Waals surface area contributed by atoms with Gasteiger partial charge in [-0.1, -0.05) is 45.2 Å². The molecular formula is C12H21N. The number of hydrogen-bond donors (Lipinski definition) is 0. The van der Waals surface area contributed by atoms with Crippen molar-refractivity contribution in [2.24, 2.45) is 0 Å². The van der Waals surface area contributed by atoms with Crippen LogP contribution in [-0.2, 0) is 0 Å². The highest BCUT2D eigenvalue weighted by Gasteiger charge is 2.00. The molecule has 1 nitrogen and oxygen atoms in total. The second-order valence-corrected chi connectivity index (χ2v) is 3.12. The Balaban J connectivity index is 3.85. The van der Waals surface area contributed by atoms with Gasteiger partial charge in [-0.2, -0.15) is 0 Å². The highest BCUT2D eigenvalue weighted by molar-refractivity contribution is 5.19. The van der Waals surface area contributed by atoms with Crippen molar-refractivity contribution < 1.29 is 0 Å². The van der Waals surface area contributed by atoms with Gasteiger partial charge in [0.25, 0.3) is 0 Å². The SMILES string of the molecule is C=C/C=C\C(=C)CN(CC)CCC. The average molecular weight is 179 g/mol. The predicted octanol–water partition coefficient (Wildman–Crippen LogP) is 3.02. The molecule has 0 fully saturated rings. The number of likely N-dealkylation sites (N-methyl/N-ethyl adjacent to an activating group) is 1. The highest BCUT2D eigenvalue weighted by atomic mass is 15.1. The third-order valence-electron chi connectivity index (χ3n) is 1.88. The first kappa shape index (κ1) is 12.2. The summed E-state index contributed by atoms with van der Waals surface area (Å²) in [5.41, 5.74) is 1.15. The van der Waals surface area contributed by atoms with E-state index in [0.717, 1.165) is 25.2 Å². The van der Waals surface area contributed by atoms with Gasteiger partial charge in [0.2, 0.25) is 0 Å². The standard InChI is InChI=1S/C12H21N/c1-5-8-9-12(4)11-13(7-3)10-6-2/h5,8-9H,1,4,6-7,10-11H2,2-3H3/b9-8-. The van der Waals surface area contributed by atoms with Crippen molar-refractivity contribution in [3.63, 3.8) is 0 Å². The minimum atomic E-state index is 0.967. The van der Waals surface area contributed by atoms with Crippen molar-refractivity contribution in [1.82, 2.24) is 4.90 Å². The van der Waals surface area contributed by atoms with E-state index in [-0.39, 0.29) is 0 Å². The van der Waals surface area contributed by atoms with Gasteiger partial charge in [0.05, 0.1) is 0 Å². The molecule has 0 aromatic heterocycles. The van der Waals surface area contributed by atoms with Crippen LogP contribution in [0.3, 0.4) is 0 Å². The van der Waals surface area contributed by atoms with Crippen molar-refractivity contribution in [3.8, 4) is 0 Å². The minimum Gasteiger partial charge on any atom is -0.299 e. The largest absolute Gasteiger partial charge is 0.299 e. The second-order valence-electron chi connectivity index (χ2n) is 3.12. The molecule has 0 amide bonds. The Hall–Kier alpha value is -0.820. The molecule has 0 saturated carbocycles. The Bertz CT molecular complexity index is 180. The first-order valence-corrected chi connectivity index (χ1v) is 4.93. The van der Waals surface area contributed by atoms with Crippen molar-refractivity contribution in [2.45, 2.75) is 20.3 Å². The Morgan fingerprint density at radius 1 is 1.38 bits per heavy atom. The van der Waals surface area contributed by atoms with E-state index in [2.05, 4.69) is 31.9 Å². The first-order chi connectivity index (χ1) is 6.24. The Morgan fingerprint density at radius 2 is 2.08 bits per heavy atom. The second kappa shape index (κ2) is 7.81. The van der Waals surface area contributed by atoms with Crippen molar-refractivity contribution in [3.05, 3.63) is 37.0 Å². The monoisotopic (exact) mass is 179 g/mol. The Labute approximate surface area is 82.4 Å². The number of allylic oxidation sites excluding steroid dienone is 2. The lowest BCUT2D eigenvalue weighted by atomic mass is 10.2. The summed E-state index contributed by atoms with van der Waals surface area (Å²) in [5.74, 6) is 0. The molecular weight excluding hydrogens is 158 g/mol. The van der Waals surface area contributed by atoms with E-state index < -0.39 is 0 Å². The molecule has 0 aromatic rings. The van der Waals surface area contributed by atoms with Crippen LogP contribution < -0.4 is 0 Å². The fraction of sp³-hybridized carbons (Fsp3) is 0.500. The number of hydrogen-bond acceptors (Lipinski definition) is 1. The lowest BCUT2D eigenvalue weighted by Crippen LogP contribution is -2.25. The summed E-state index contributed by atoms with van der Waals surface area (Å²) in [5, 5.41) is 0. The van der Waals surface area contributed by atoms with E-state index >= 15 is 0 Å². The molecule has 0 heterocycles. The molecule has 0 unspecified atom stereocenters. The van der Waals surface area contributed by atoms with E-state index in [1.54, 1.807) is 6.08 Å². The van der Waals surface area contributed by atoms with Crippen molar-refractivity contribution in [1.29, 1.82) is 0 Å². The van der Waals surface area contributed by atoms with Crippen molar-refractivity contribution >= 4 is 0 Å². The fourth-order valence-corrected chi connectivity index (χ4v) is 1.21. The molecule has 0 aromatic carbocycles. The van der Waals surface area contributed by atoms with Crippen LogP contribution in [0.25, 0.3) is 0 Å². The average Bonchev–Trinajstić information content (AvgIpc) is 2.14. The summed E-state index contributed by atoms with van der Waals surface area (Å²) in [7, 11) is 0. The van der Waals surface area contributed by atoms with Crippen LogP contribution in [0.1, 0.15) is 20.3 Å². The molecule has 0 aliphatic heterocycles. The number of rotatable bonds is 7. The van der Waals surface area contributed by atoms with Gasteiger partial charge < -0.3 is 0 Å². The molecule has 0 radical (unpaired) electrons. The van der Waals surface area contributed by atoms with Gasteiger partial charge in [0.15, 0.2) is 0 Å². The molecule has 0 atom stereocenters. The zero-order valence-electron chi connectivity index (χ0n) is 8.92. The van der Waals surface area contributed by atoms with Crippen LogP contribution in [0.4, 0.5) is 0 Å². The van der Waals surface area contributed by atoms with Gasteiger partial charge in [-0.05, 0) is 25.1 Å². The van der Waals surface area contributed by atoms with Crippen LogP contribution in [0.15, 0.2) is 37.0 Å². The van der Waals surface area contributed by atoms with Gasteiger partial charge in [-0.25, -0.2) is 0 Å². The van der Waals surface area contributed by atoms with E-state index in [0.29, 0.717) is 0 Å². The summed E-state index contributed by atoms with van der Waals surface area (Å²) in [4.78, 5) is 2.38. The Kier molecular flexibility index (Phi) is 7.32. The molecule has 0 aliphatic rings. The van der Waals surface area contributed by atoms with E-state index in [9.17, 15) is 0 Å². The third kappa shape index (κ3) is 6.35. The van der Waals surface area contributed by atoms with E-state index in [4.69, 9.17) is 0 Å². The molecule has 0 bridgehead atoms. The lowest BCUT2D eigenvalue weighted by molar-refractivity contribution is 0.315. The third-order valence-corrected chi connectivity index (χ3v) is 1.88. The maximum Gasteiger partial charge on any atom is 0.0227 e. The summed E-state index contributed by atoms with van der Waals surface area (Å²) < 4.78 is 0. The fourth-order valence-electron chi connectivity index (χ4n) is 1.21. The Morgan fingerprint density at radius 3 is 2.54 bits per heavy atom. The molecule has 0 spiro atoms. The summed E-state index contributed by atoms with van der Waals surface area (Å²) >= 11 is 0. The van der Waals surface area contributed by atoms with Gasteiger partial charge in [0, 0.05) is 6.54 Å². The number of nitrogens with zero attached hydrogens (tertiary/aromatic N) is 1. The molecule has 13 heavy (non-hydrogen) atoms. The molecule has 1 heteroatoms. The van der Waals surface area contributed by atoms with Crippen molar-refractivity contribution in [2.75, 3.05) is 19.6 Å². The molecule has 74 valence electrons. The van der Waals surface area contributed by atoms with E-state index in [1.165, 1.54) is 6.42 Å². The van der Waals surface area contributed by atoms with Crippen LogP contribution >= 0.6 is 0 Å².